The second kappa shape index (κ2) is 5.65. The molecule has 1 aromatic rings. The number of aryl methyl sites for hydroxylation is 2. The van der Waals surface area contributed by atoms with Crippen molar-refractivity contribution >= 4 is 0 Å². The Morgan fingerprint density at radius 3 is 2.82 bits per heavy atom. The van der Waals surface area contributed by atoms with Crippen LogP contribution in [0.25, 0.3) is 0 Å². The van der Waals surface area contributed by atoms with Crippen molar-refractivity contribution in [3.8, 4) is 0 Å². The Hall–Kier alpha value is -0.870. The average molecular weight is 237 g/mol. The quantitative estimate of drug-likeness (QED) is 0.823. The third-order valence-electron chi connectivity index (χ3n) is 3.47. The second-order valence-corrected chi connectivity index (χ2v) is 4.71. The maximum Gasteiger partial charge on any atom is 0.123 e. The van der Waals surface area contributed by atoms with Crippen LogP contribution >= 0.6 is 0 Å². The molecule has 0 spiro atoms. The van der Waals surface area contributed by atoms with Crippen LogP contribution in [0.15, 0.2) is 0 Å². The lowest BCUT2D eigenvalue weighted by Gasteiger charge is -2.06. The van der Waals surface area contributed by atoms with Gasteiger partial charge in [0.1, 0.15) is 5.82 Å². The fourth-order valence-electron chi connectivity index (χ4n) is 2.47. The summed E-state index contributed by atoms with van der Waals surface area (Å²) < 4.78 is 5.37. The summed E-state index contributed by atoms with van der Waals surface area (Å²) in [6.45, 7) is 5.29. The standard InChI is InChI=1S/C13H23N3O/c1-4-6-11-10(5-2)15-13(16-11)12-7-9(17-3)8-14-12/h9,12,14H,4-8H2,1-3H3,(H,15,16). The molecule has 2 unspecified atom stereocenters. The highest BCUT2D eigenvalue weighted by Crippen LogP contribution is 2.24. The number of hydrogen-bond acceptors (Lipinski definition) is 3. The molecule has 0 aliphatic carbocycles. The number of nitrogens with zero attached hydrogens (tertiary/aromatic N) is 1. The van der Waals surface area contributed by atoms with Crippen LogP contribution < -0.4 is 5.32 Å². The van der Waals surface area contributed by atoms with Gasteiger partial charge in [0, 0.05) is 19.3 Å². The minimum atomic E-state index is 0.324. The number of aromatic amines is 1. The molecule has 1 saturated heterocycles. The van der Waals surface area contributed by atoms with E-state index in [2.05, 4.69) is 24.1 Å². The van der Waals surface area contributed by atoms with Crippen molar-refractivity contribution in [1.82, 2.24) is 15.3 Å². The number of hydrogen-bond donors (Lipinski definition) is 2. The van der Waals surface area contributed by atoms with Gasteiger partial charge in [-0.2, -0.15) is 0 Å². The third kappa shape index (κ3) is 2.69. The van der Waals surface area contributed by atoms with Crippen molar-refractivity contribution in [2.45, 2.75) is 51.7 Å². The Balaban J connectivity index is 2.11. The van der Waals surface area contributed by atoms with E-state index >= 15 is 0 Å². The van der Waals surface area contributed by atoms with E-state index in [9.17, 15) is 0 Å². The lowest BCUT2D eigenvalue weighted by Crippen LogP contribution is -2.16. The zero-order valence-electron chi connectivity index (χ0n) is 11.0. The van der Waals surface area contributed by atoms with E-state index in [1.54, 1.807) is 7.11 Å². The second-order valence-electron chi connectivity index (χ2n) is 4.71. The average Bonchev–Trinajstić information content (AvgIpc) is 2.94. The molecule has 0 amide bonds. The van der Waals surface area contributed by atoms with Gasteiger partial charge in [-0.25, -0.2) is 4.98 Å². The number of methoxy groups -OCH3 is 1. The van der Waals surface area contributed by atoms with Gasteiger partial charge in [-0.05, 0) is 19.3 Å². The molecule has 4 nitrogen and oxygen atoms in total. The normalized spacial score (nSPS) is 24.4. The predicted molar refractivity (Wildman–Crippen MR) is 68.1 cm³/mol. The molecule has 2 atom stereocenters. The monoisotopic (exact) mass is 237 g/mol. The zero-order valence-corrected chi connectivity index (χ0v) is 11.0. The molecule has 4 heteroatoms. The topological polar surface area (TPSA) is 49.9 Å². The molecule has 17 heavy (non-hydrogen) atoms. The molecule has 2 N–H and O–H groups in total. The zero-order chi connectivity index (χ0) is 12.3. The van der Waals surface area contributed by atoms with E-state index in [0.717, 1.165) is 38.1 Å². The van der Waals surface area contributed by atoms with Crippen LogP contribution in [0.5, 0.6) is 0 Å². The van der Waals surface area contributed by atoms with Crippen LogP contribution in [0.4, 0.5) is 0 Å². The Kier molecular flexibility index (Phi) is 4.18. The van der Waals surface area contributed by atoms with Crippen LogP contribution in [0.3, 0.4) is 0 Å². The van der Waals surface area contributed by atoms with E-state index in [-0.39, 0.29) is 0 Å². The molecule has 0 bridgehead atoms. The highest BCUT2D eigenvalue weighted by molar-refractivity contribution is 5.17. The lowest BCUT2D eigenvalue weighted by atomic mass is 10.2. The van der Waals surface area contributed by atoms with E-state index in [1.165, 1.54) is 11.4 Å². The van der Waals surface area contributed by atoms with Crippen LogP contribution in [0, 0.1) is 0 Å². The smallest absolute Gasteiger partial charge is 0.123 e. The Bertz CT molecular complexity index is 362. The Morgan fingerprint density at radius 1 is 1.41 bits per heavy atom. The number of imidazole rings is 1. The number of rotatable bonds is 5. The predicted octanol–water partition coefficient (Wildman–Crippen LogP) is 1.97. The van der Waals surface area contributed by atoms with Crippen LogP contribution in [-0.4, -0.2) is 29.7 Å². The van der Waals surface area contributed by atoms with Crippen LogP contribution in [0.2, 0.25) is 0 Å². The highest BCUT2D eigenvalue weighted by Gasteiger charge is 2.27. The summed E-state index contributed by atoms with van der Waals surface area (Å²) in [6, 6.07) is 0.329. The van der Waals surface area contributed by atoms with Crippen LogP contribution in [0.1, 0.15) is 49.9 Å². The molecule has 1 aliphatic rings. The fraction of sp³-hybridized carbons (Fsp3) is 0.769. The van der Waals surface area contributed by atoms with Crippen LogP contribution in [-0.2, 0) is 17.6 Å². The van der Waals surface area contributed by atoms with Gasteiger partial charge >= 0.3 is 0 Å². The Labute approximate surface area is 103 Å². The van der Waals surface area contributed by atoms with Gasteiger partial charge in [0.25, 0.3) is 0 Å². The molecule has 1 aromatic heterocycles. The maximum atomic E-state index is 5.37. The first-order chi connectivity index (χ1) is 8.28. The molecule has 1 aliphatic heterocycles. The summed E-state index contributed by atoms with van der Waals surface area (Å²) in [5.41, 5.74) is 2.54. The van der Waals surface area contributed by atoms with Gasteiger partial charge in [-0.15, -0.1) is 0 Å². The summed E-state index contributed by atoms with van der Waals surface area (Å²) in [6.07, 6.45) is 4.60. The molecule has 2 heterocycles. The molecular weight excluding hydrogens is 214 g/mol. The molecule has 0 aromatic carbocycles. The number of nitrogens with one attached hydrogen (secondary N) is 2. The number of H-pyrrole nitrogens is 1. The maximum absolute atomic E-state index is 5.37. The van der Waals surface area contributed by atoms with E-state index in [0.29, 0.717) is 12.1 Å². The first kappa shape index (κ1) is 12.6. The summed E-state index contributed by atoms with van der Waals surface area (Å²) in [4.78, 5) is 8.22. The molecule has 0 radical (unpaired) electrons. The van der Waals surface area contributed by atoms with Gasteiger partial charge in [0.15, 0.2) is 0 Å². The fourth-order valence-corrected chi connectivity index (χ4v) is 2.47. The third-order valence-corrected chi connectivity index (χ3v) is 3.47. The highest BCUT2D eigenvalue weighted by atomic mass is 16.5. The summed E-state index contributed by atoms with van der Waals surface area (Å²) in [5.74, 6) is 1.09. The minimum Gasteiger partial charge on any atom is -0.380 e. The largest absolute Gasteiger partial charge is 0.380 e. The van der Waals surface area contributed by atoms with Crippen molar-refractivity contribution in [2.24, 2.45) is 0 Å². The molecule has 0 saturated carbocycles. The summed E-state index contributed by atoms with van der Waals surface area (Å²) >= 11 is 0. The molecule has 1 fully saturated rings. The lowest BCUT2D eigenvalue weighted by molar-refractivity contribution is 0.117. The van der Waals surface area contributed by atoms with Gasteiger partial charge in [-0.3, -0.25) is 0 Å². The van der Waals surface area contributed by atoms with Crippen molar-refractivity contribution in [3.63, 3.8) is 0 Å². The molecule has 96 valence electrons. The van der Waals surface area contributed by atoms with Crippen molar-refractivity contribution in [2.75, 3.05) is 13.7 Å². The van der Waals surface area contributed by atoms with Gasteiger partial charge in [-0.1, -0.05) is 20.3 Å². The number of ether oxygens (including phenoxy) is 1. The van der Waals surface area contributed by atoms with Gasteiger partial charge in [0.2, 0.25) is 0 Å². The van der Waals surface area contributed by atoms with E-state index < -0.39 is 0 Å². The van der Waals surface area contributed by atoms with E-state index in [4.69, 9.17) is 9.72 Å². The SMILES string of the molecule is CCCc1[nH]c(C2CC(OC)CN2)nc1CC. The molecular formula is C13H23N3O. The van der Waals surface area contributed by atoms with Gasteiger partial charge < -0.3 is 15.0 Å². The summed E-state index contributed by atoms with van der Waals surface area (Å²) in [5, 5.41) is 3.46. The van der Waals surface area contributed by atoms with Crippen molar-refractivity contribution in [1.29, 1.82) is 0 Å². The molecule has 2 rings (SSSR count). The first-order valence-corrected chi connectivity index (χ1v) is 6.62. The van der Waals surface area contributed by atoms with Crippen molar-refractivity contribution < 1.29 is 4.74 Å². The number of aromatic nitrogens is 2. The minimum absolute atomic E-state index is 0.324. The van der Waals surface area contributed by atoms with Crippen molar-refractivity contribution in [3.05, 3.63) is 17.2 Å². The Morgan fingerprint density at radius 2 is 2.24 bits per heavy atom. The summed E-state index contributed by atoms with van der Waals surface area (Å²) in [7, 11) is 1.77. The van der Waals surface area contributed by atoms with Gasteiger partial charge in [0.05, 0.1) is 17.8 Å². The first-order valence-electron chi connectivity index (χ1n) is 6.62. The van der Waals surface area contributed by atoms with E-state index in [1.807, 2.05) is 0 Å².